The minimum Gasteiger partial charge on any atom is -0.394 e. The molecule has 0 amide bonds. The van der Waals surface area contributed by atoms with E-state index in [1.54, 1.807) is 5.06 Å². The molecule has 2 heterocycles. The summed E-state index contributed by atoms with van der Waals surface area (Å²) in [5, 5.41) is 14.2. The van der Waals surface area contributed by atoms with Gasteiger partial charge in [-0.2, -0.15) is 5.06 Å². The number of piperazine rings is 1. The smallest absolute Gasteiger partial charge is 0.199 e. The van der Waals surface area contributed by atoms with E-state index in [0.717, 1.165) is 26.2 Å². The minimum atomic E-state index is -1.23. The number of nitrogens with zero attached hydrogens (tertiary/aromatic N) is 2. The lowest BCUT2D eigenvalue weighted by Gasteiger charge is -2.43. The van der Waals surface area contributed by atoms with Gasteiger partial charge in [0.05, 0.1) is 19.3 Å². The molecule has 3 atom stereocenters. The second kappa shape index (κ2) is 6.80. The lowest BCUT2D eigenvalue weighted by Crippen LogP contribution is -2.61. The van der Waals surface area contributed by atoms with Crippen LogP contribution in [0.15, 0.2) is 0 Å². The van der Waals surface area contributed by atoms with Crippen LogP contribution in [0.5, 0.6) is 0 Å². The van der Waals surface area contributed by atoms with E-state index in [1.165, 1.54) is 0 Å². The number of hydrogen-bond acceptors (Lipinski definition) is 7. The third-order valence-corrected chi connectivity index (χ3v) is 3.50. The highest BCUT2D eigenvalue weighted by Crippen LogP contribution is 2.16. The van der Waals surface area contributed by atoms with Gasteiger partial charge in [-0.3, -0.25) is 9.46 Å². The molecule has 100 valence electrons. The van der Waals surface area contributed by atoms with Gasteiger partial charge in [-0.1, -0.05) is 0 Å². The van der Waals surface area contributed by atoms with Gasteiger partial charge in [0.1, 0.15) is 6.17 Å². The number of hydrogen-bond donors (Lipinski definition) is 2. The highest BCUT2D eigenvalue weighted by molar-refractivity contribution is 7.17. The van der Waals surface area contributed by atoms with Crippen molar-refractivity contribution in [2.45, 2.75) is 12.3 Å². The van der Waals surface area contributed by atoms with E-state index in [9.17, 15) is 4.57 Å². The largest absolute Gasteiger partial charge is 0.394 e. The number of rotatable bonds is 4. The predicted octanol–water partition coefficient (Wildman–Crippen LogP) is -1.49. The number of morpholine rings is 1. The molecule has 0 bridgehead atoms. The van der Waals surface area contributed by atoms with Gasteiger partial charge >= 0.3 is 0 Å². The Balaban J connectivity index is 1.95. The summed E-state index contributed by atoms with van der Waals surface area (Å²) < 4.78 is 21.3. The third-order valence-electron chi connectivity index (χ3n) is 3.14. The first-order valence-corrected chi connectivity index (χ1v) is 6.83. The number of aliphatic hydroxyl groups excluding tert-OH is 1. The van der Waals surface area contributed by atoms with Gasteiger partial charge in [0.2, 0.25) is 0 Å². The van der Waals surface area contributed by atoms with Crippen LogP contribution in [0.1, 0.15) is 0 Å². The Kier molecular flexibility index (Phi) is 5.37. The summed E-state index contributed by atoms with van der Waals surface area (Å²) in [5.41, 5.74) is 0. The van der Waals surface area contributed by atoms with Crippen molar-refractivity contribution in [3.05, 3.63) is 0 Å². The van der Waals surface area contributed by atoms with E-state index in [-0.39, 0.29) is 18.9 Å². The molecule has 0 aromatic heterocycles. The molecule has 0 aliphatic carbocycles. The molecule has 2 rings (SSSR count). The maximum atomic E-state index is 10.7. The van der Waals surface area contributed by atoms with Gasteiger partial charge in [-0.15, -0.1) is 0 Å². The molecule has 2 aliphatic rings. The second-order valence-corrected chi connectivity index (χ2v) is 4.60. The van der Waals surface area contributed by atoms with Crippen LogP contribution >= 0.6 is 8.69 Å². The van der Waals surface area contributed by atoms with Gasteiger partial charge in [-0.05, 0) is 0 Å². The quantitative estimate of drug-likeness (QED) is 0.600. The molecular weight excluding hydrogens is 245 g/mol. The van der Waals surface area contributed by atoms with E-state index >= 15 is 0 Å². The highest BCUT2D eigenvalue weighted by Gasteiger charge is 2.32. The number of aliphatic hydroxyl groups is 1. The molecule has 0 spiro atoms. The SMILES string of the molecule is O=[PH2]ON1CCNCC1N1CCOC(CO)C1. The Morgan fingerprint density at radius 1 is 1.53 bits per heavy atom. The summed E-state index contributed by atoms with van der Waals surface area (Å²) in [6.45, 7) is 4.46. The molecule has 0 aromatic carbocycles. The lowest BCUT2D eigenvalue weighted by molar-refractivity contribution is -0.173. The fourth-order valence-corrected chi connectivity index (χ4v) is 2.64. The summed E-state index contributed by atoms with van der Waals surface area (Å²) in [5.74, 6) is 0. The Morgan fingerprint density at radius 3 is 3.18 bits per heavy atom. The van der Waals surface area contributed by atoms with E-state index in [0.29, 0.717) is 13.2 Å². The Bertz CT molecular complexity index is 258. The Morgan fingerprint density at radius 2 is 2.41 bits per heavy atom. The molecule has 8 heteroatoms. The van der Waals surface area contributed by atoms with Crippen LogP contribution in [-0.2, 0) is 13.9 Å². The molecule has 0 aromatic rings. The van der Waals surface area contributed by atoms with Gasteiger partial charge in [0.25, 0.3) is 0 Å². The van der Waals surface area contributed by atoms with Crippen molar-refractivity contribution >= 4 is 8.69 Å². The van der Waals surface area contributed by atoms with Crippen molar-refractivity contribution in [2.24, 2.45) is 0 Å². The number of hydroxylamine groups is 2. The fraction of sp³-hybridized carbons (Fsp3) is 1.00. The van der Waals surface area contributed by atoms with Crippen LogP contribution in [0.3, 0.4) is 0 Å². The predicted molar refractivity (Wildman–Crippen MR) is 63.2 cm³/mol. The summed E-state index contributed by atoms with van der Waals surface area (Å²) in [7, 11) is -1.23. The molecule has 2 fully saturated rings. The summed E-state index contributed by atoms with van der Waals surface area (Å²) >= 11 is 0. The van der Waals surface area contributed by atoms with Crippen molar-refractivity contribution in [3.63, 3.8) is 0 Å². The summed E-state index contributed by atoms with van der Waals surface area (Å²) in [4.78, 5) is 2.20. The zero-order chi connectivity index (χ0) is 12.1. The van der Waals surface area contributed by atoms with Crippen LogP contribution in [0.2, 0.25) is 0 Å². The third kappa shape index (κ3) is 3.48. The molecule has 2 saturated heterocycles. The molecule has 2 aliphatic heterocycles. The van der Waals surface area contributed by atoms with Crippen molar-refractivity contribution in [1.29, 1.82) is 0 Å². The van der Waals surface area contributed by atoms with Gasteiger partial charge in [0, 0.05) is 32.7 Å². The summed E-state index contributed by atoms with van der Waals surface area (Å²) in [6, 6.07) is 0. The first-order valence-electron chi connectivity index (χ1n) is 5.89. The van der Waals surface area contributed by atoms with Crippen molar-refractivity contribution in [1.82, 2.24) is 15.3 Å². The molecule has 0 radical (unpaired) electrons. The Hall–Kier alpha value is -0.0100. The Labute approximate surface area is 102 Å². The van der Waals surface area contributed by atoms with Crippen molar-refractivity contribution in [3.8, 4) is 0 Å². The van der Waals surface area contributed by atoms with Crippen LogP contribution in [0.4, 0.5) is 0 Å². The van der Waals surface area contributed by atoms with Crippen LogP contribution < -0.4 is 5.32 Å². The average Bonchev–Trinajstić information content (AvgIpc) is 2.40. The molecule has 7 nitrogen and oxygen atoms in total. The zero-order valence-corrected chi connectivity index (χ0v) is 10.9. The number of nitrogens with one attached hydrogen (secondary N) is 1. The topological polar surface area (TPSA) is 74.3 Å². The molecule has 0 saturated carbocycles. The first-order chi connectivity index (χ1) is 8.35. The number of ether oxygens (including phenoxy) is 1. The fourth-order valence-electron chi connectivity index (χ4n) is 2.28. The molecular formula is C9H20N3O4P. The van der Waals surface area contributed by atoms with E-state index in [4.69, 9.17) is 14.5 Å². The first kappa shape index (κ1) is 13.4. The second-order valence-electron chi connectivity index (χ2n) is 4.20. The standard InChI is InChI=1S/C9H20N3O4P/c13-7-8-6-11(3-4-15-8)9-5-10-1-2-12(9)16-17-14/h8-10,13H,1-7,17H2. The minimum absolute atomic E-state index is 0.0321. The van der Waals surface area contributed by atoms with E-state index in [1.807, 2.05) is 0 Å². The van der Waals surface area contributed by atoms with E-state index in [2.05, 4.69) is 10.2 Å². The maximum Gasteiger partial charge on any atom is 0.199 e. The lowest BCUT2D eigenvalue weighted by atomic mass is 10.2. The zero-order valence-electron chi connectivity index (χ0n) is 9.75. The molecule has 3 unspecified atom stereocenters. The normalized spacial score (nSPS) is 33.5. The van der Waals surface area contributed by atoms with Gasteiger partial charge < -0.3 is 15.2 Å². The van der Waals surface area contributed by atoms with E-state index < -0.39 is 8.69 Å². The van der Waals surface area contributed by atoms with Crippen LogP contribution in [0.25, 0.3) is 0 Å². The molecule has 17 heavy (non-hydrogen) atoms. The van der Waals surface area contributed by atoms with Crippen LogP contribution in [-0.4, -0.2) is 73.3 Å². The van der Waals surface area contributed by atoms with Gasteiger partial charge in [-0.25, -0.2) is 4.62 Å². The summed E-state index contributed by atoms with van der Waals surface area (Å²) in [6.07, 6.45) is -0.0599. The monoisotopic (exact) mass is 265 g/mol. The maximum absolute atomic E-state index is 10.7. The van der Waals surface area contributed by atoms with Crippen molar-refractivity contribution in [2.75, 3.05) is 45.9 Å². The van der Waals surface area contributed by atoms with Crippen LogP contribution in [0, 0.1) is 0 Å². The van der Waals surface area contributed by atoms with Crippen molar-refractivity contribution < 1.29 is 19.0 Å². The van der Waals surface area contributed by atoms with Gasteiger partial charge in [0.15, 0.2) is 8.69 Å². The molecule has 2 N–H and O–H groups in total. The average molecular weight is 265 g/mol. The highest BCUT2D eigenvalue weighted by atomic mass is 31.1.